The SMILES string of the molecule is c1ccc(-c2nc(-n3c4ccccc4c4cc(-c5cccc6c5c5ccccc5n6-c5ccccc5)ccc43)c3ccc4ccccc4c3n2)cc1. The second-order valence-electron chi connectivity index (χ2n) is 13.4. The van der Waals surface area contributed by atoms with E-state index in [-0.39, 0.29) is 0 Å². The summed E-state index contributed by atoms with van der Waals surface area (Å²) in [5, 5.41) is 8.17. The van der Waals surface area contributed by atoms with Crippen molar-refractivity contribution in [2.75, 3.05) is 0 Å². The summed E-state index contributed by atoms with van der Waals surface area (Å²) in [7, 11) is 0. The zero-order chi connectivity index (χ0) is 34.2. The molecular weight excluding hydrogens is 633 g/mol. The Balaban J connectivity index is 1.20. The van der Waals surface area contributed by atoms with Gasteiger partial charge < -0.3 is 4.57 Å². The van der Waals surface area contributed by atoms with Gasteiger partial charge in [0.2, 0.25) is 0 Å². The van der Waals surface area contributed by atoms with Crippen LogP contribution in [0.25, 0.3) is 99.3 Å². The van der Waals surface area contributed by atoms with Crippen molar-refractivity contribution in [1.82, 2.24) is 19.1 Å². The van der Waals surface area contributed by atoms with Gasteiger partial charge in [0.15, 0.2) is 5.82 Å². The zero-order valence-electron chi connectivity index (χ0n) is 28.1. The third-order valence-corrected chi connectivity index (χ3v) is 10.5. The number of hydrogen-bond donors (Lipinski definition) is 0. The van der Waals surface area contributed by atoms with Crippen molar-refractivity contribution < 1.29 is 0 Å². The minimum atomic E-state index is 0.712. The Hall–Kier alpha value is -7.04. The summed E-state index contributed by atoms with van der Waals surface area (Å²) in [6, 6.07) is 64.9. The van der Waals surface area contributed by atoms with Gasteiger partial charge in [-0.15, -0.1) is 0 Å². The highest BCUT2D eigenvalue weighted by Gasteiger charge is 2.21. The van der Waals surface area contributed by atoms with E-state index in [1.54, 1.807) is 0 Å². The van der Waals surface area contributed by atoms with Crippen LogP contribution in [0.2, 0.25) is 0 Å². The van der Waals surface area contributed by atoms with Crippen LogP contribution < -0.4 is 0 Å². The van der Waals surface area contributed by atoms with Gasteiger partial charge in [-0.1, -0.05) is 133 Å². The van der Waals surface area contributed by atoms with Crippen LogP contribution in [0.3, 0.4) is 0 Å². The molecule has 11 aromatic rings. The van der Waals surface area contributed by atoms with Gasteiger partial charge in [0.1, 0.15) is 5.82 Å². The maximum Gasteiger partial charge on any atom is 0.162 e. The summed E-state index contributed by atoms with van der Waals surface area (Å²) in [4.78, 5) is 10.6. The third-order valence-electron chi connectivity index (χ3n) is 10.5. The molecule has 3 aromatic heterocycles. The second-order valence-corrected chi connectivity index (χ2v) is 13.4. The lowest BCUT2D eigenvalue weighted by Gasteiger charge is -2.14. The van der Waals surface area contributed by atoms with Crippen LogP contribution in [0, 0.1) is 0 Å². The first-order valence-electron chi connectivity index (χ1n) is 17.7. The number of hydrogen-bond acceptors (Lipinski definition) is 2. The first kappa shape index (κ1) is 28.8. The van der Waals surface area contributed by atoms with Crippen molar-refractivity contribution in [3.8, 4) is 34.0 Å². The van der Waals surface area contributed by atoms with Crippen LogP contribution >= 0.6 is 0 Å². The third kappa shape index (κ3) is 4.21. The number of rotatable bonds is 4. The number of fused-ring (bicyclic) bond motifs is 9. The highest BCUT2D eigenvalue weighted by atomic mass is 15.1. The first-order chi connectivity index (χ1) is 25.8. The van der Waals surface area contributed by atoms with Crippen molar-refractivity contribution in [3.63, 3.8) is 0 Å². The topological polar surface area (TPSA) is 35.6 Å². The van der Waals surface area contributed by atoms with E-state index in [1.807, 2.05) is 18.2 Å². The van der Waals surface area contributed by atoms with Crippen molar-refractivity contribution in [2.45, 2.75) is 0 Å². The van der Waals surface area contributed by atoms with Gasteiger partial charge in [0.25, 0.3) is 0 Å². The Morgan fingerprint density at radius 1 is 0.365 bits per heavy atom. The number of aromatic nitrogens is 4. The van der Waals surface area contributed by atoms with Gasteiger partial charge in [-0.25, -0.2) is 9.97 Å². The largest absolute Gasteiger partial charge is 0.309 e. The molecule has 0 aliphatic carbocycles. The van der Waals surface area contributed by atoms with Crippen LogP contribution in [0.5, 0.6) is 0 Å². The number of benzene rings is 8. The Morgan fingerprint density at radius 2 is 1.02 bits per heavy atom. The predicted octanol–water partition coefficient (Wildman–Crippen LogP) is 12.3. The molecule has 0 N–H and O–H groups in total. The quantitative estimate of drug-likeness (QED) is 0.176. The zero-order valence-corrected chi connectivity index (χ0v) is 28.1. The van der Waals surface area contributed by atoms with Crippen LogP contribution in [-0.2, 0) is 0 Å². The van der Waals surface area contributed by atoms with Gasteiger partial charge in [-0.3, -0.25) is 4.57 Å². The van der Waals surface area contributed by atoms with Gasteiger partial charge in [-0.2, -0.15) is 0 Å². The number of para-hydroxylation sites is 3. The molecule has 242 valence electrons. The van der Waals surface area contributed by atoms with E-state index in [4.69, 9.17) is 9.97 Å². The molecule has 0 saturated carbocycles. The molecule has 0 aliphatic rings. The normalized spacial score (nSPS) is 11.8. The van der Waals surface area contributed by atoms with E-state index >= 15 is 0 Å². The monoisotopic (exact) mass is 662 g/mol. The summed E-state index contributed by atoms with van der Waals surface area (Å²) < 4.78 is 4.72. The van der Waals surface area contributed by atoms with Crippen LogP contribution in [0.1, 0.15) is 0 Å². The molecule has 0 radical (unpaired) electrons. The molecule has 0 spiro atoms. The maximum absolute atomic E-state index is 5.36. The Labute approximate surface area is 299 Å². The molecule has 0 unspecified atom stereocenters. The molecule has 0 saturated heterocycles. The van der Waals surface area contributed by atoms with Crippen LogP contribution in [0.4, 0.5) is 0 Å². The van der Waals surface area contributed by atoms with E-state index < -0.39 is 0 Å². The van der Waals surface area contributed by atoms with Gasteiger partial charge in [0.05, 0.1) is 27.6 Å². The fraction of sp³-hybridized carbons (Fsp3) is 0. The molecule has 3 heterocycles. The smallest absolute Gasteiger partial charge is 0.162 e. The minimum Gasteiger partial charge on any atom is -0.309 e. The lowest BCUT2D eigenvalue weighted by molar-refractivity contribution is 1.08. The summed E-state index contributed by atoms with van der Waals surface area (Å²) in [5.74, 6) is 1.59. The molecule has 8 aromatic carbocycles. The first-order valence-corrected chi connectivity index (χ1v) is 17.7. The summed E-state index contributed by atoms with van der Waals surface area (Å²) in [6.45, 7) is 0. The van der Waals surface area contributed by atoms with E-state index in [1.165, 1.54) is 43.7 Å². The fourth-order valence-electron chi connectivity index (χ4n) is 8.22. The fourth-order valence-corrected chi connectivity index (χ4v) is 8.22. The average Bonchev–Trinajstić information content (AvgIpc) is 3.74. The highest BCUT2D eigenvalue weighted by molar-refractivity contribution is 6.18. The molecular formula is C48H30N4. The number of nitrogens with zero attached hydrogens (tertiary/aromatic N) is 4. The van der Waals surface area contributed by atoms with E-state index in [9.17, 15) is 0 Å². The Morgan fingerprint density at radius 3 is 1.85 bits per heavy atom. The molecule has 4 nitrogen and oxygen atoms in total. The predicted molar refractivity (Wildman–Crippen MR) is 217 cm³/mol. The molecule has 52 heavy (non-hydrogen) atoms. The van der Waals surface area contributed by atoms with Gasteiger partial charge in [-0.05, 0) is 65.0 Å². The Bertz CT molecular complexity index is 3170. The van der Waals surface area contributed by atoms with Gasteiger partial charge >= 0.3 is 0 Å². The summed E-state index contributed by atoms with van der Waals surface area (Å²) in [6.07, 6.45) is 0. The van der Waals surface area contributed by atoms with E-state index in [0.29, 0.717) is 5.82 Å². The van der Waals surface area contributed by atoms with Crippen LogP contribution in [0.15, 0.2) is 182 Å². The lowest BCUT2D eigenvalue weighted by atomic mass is 9.98. The maximum atomic E-state index is 5.36. The summed E-state index contributed by atoms with van der Waals surface area (Å²) >= 11 is 0. The molecule has 0 bridgehead atoms. The highest BCUT2D eigenvalue weighted by Crippen LogP contribution is 2.42. The molecule has 0 atom stereocenters. The van der Waals surface area contributed by atoms with Crippen molar-refractivity contribution >= 4 is 65.3 Å². The van der Waals surface area contributed by atoms with Crippen molar-refractivity contribution in [2.24, 2.45) is 0 Å². The minimum absolute atomic E-state index is 0.712. The summed E-state index contributed by atoms with van der Waals surface area (Å²) in [5.41, 5.74) is 10.1. The molecule has 4 heteroatoms. The van der Waals surface area contributed by atoms with Crippen molar-refractivity contribution in [1.29, 1.82) is 0 Å². The van der Waals surface area contributed by atoms with Crippen LogP contribution in [-0.4, -0.2) is 19.1 Å². The molecule has 0 aliphatic heterocycles. The second kappa shape index (κ2) is 11.2. The van der Waals surface area contributed by atoms with E-state index in [2.05, 4.69) is 173 Å². The average molecular weight is 663 g/mol. The standard InChI is InChI=1S/C48H30N4/c1-3-15-32(16-4-1)47-49-46-36-19-8-7-14-31(36)26-28-39(46)48(50-47)52-41-23-11-9-20-37(41)40-30-33(27-29-43(40)52)35-22-13-25-44-45(35)38-21-10-12-24-42(38)51(44)34-17-5-2-6-18-34/h1-30H. The molecule has 0 fully saturated rings. The lowest BCUT2D eigenvalue weighted by Crippen LogP contribution is -2.03. The molecule has 0 amide bonds. The van der Waals surface area contributed by atoms with Crippen molar-refractivity contribution in [3.05, 3.63) is 182 Å². The van der Waals surface area contributed by atoms with Gasteiger partial charge in [0, 0.05) is 43.6 Å². The molecule has 11 rings (SSSR count). The van der Waals surface area contributed by atoms with E-state index in [0.717, 1.165) is 49.8 Å². The Kier molecular flexibility index (Phi) is 6.22.